The van der Waals surface area contributed by atoms with Crippen LogP contribution in [0.1, 0.15) is 34.5 Å². The Morgan fingerprint density at radius 3 is 2.29 bits per heavy atom. The first-order chi connectivity index (χ1) is 16.2. The maximum absolute atomic E-state index is 13.2. The van der Waals surface area contributed by atoms with Crippen molar-refractivity contribution in [3.63, 3.8) is 0 Å². The molecule has 0 saturated carbocycles. The molecule has 4 rings (SSSR count). The molecule has 1 atom stereocenters. The van der Waals surface area contributed by atoms with Crippen molar-refractivity contribution in [1.29, 1.82) is 0 Å². The number of halogens is 1. The van der Waals surface area contributed by atoms with Gasteiger partial charge in [0.15, 0.2) is 11.5 Å². The predicted molar refractivity (Wildman–Crippen MR) is 127 cm³/mol. The van der Waals surface area contributed by atoms with Crippen molar-refractivity contribution in [2.24, 2.45) is 0 Å². The van der Waals surface area contributed by atoms with Gasteiger partial charge in [-0.3, -0.25) is 9.10 Å². The smallest absolute Gasteiger partial charge is 0.251 e. The monoisotopic (exact) mass is 484 g/mol. The van der Waals surface area contributed by atoms with Gasteiger partial charge in [0.2, 0.25) is 10.0 Å². The van der Waals surface area contributed by atoms with E-state index in [4.69, 9.17) is 9.47 Å². The second-order valence-corrected chi connectivity index (χ2v) is 9.95. The molecule has 0 unspecified atom stereocenters. The summed E-state index contributed by atoms with van der Waals surface area (Å²) < 4.78 is 50.3. The first-order valence-corrected chi connectivity index (χ1v) is 12.6. The van der Waals surface area contributed by atoms with Gasteiger partial charge >= 0.3 is 0 Å². The Kier molecular flexibility index (Phi) is 6.74. The highest BCUT2D eigenvalue weighted by atomic mass is 32.2. The molecule has 0 fully saturated rings. The van der Waals surface area contributed by atoms with E-state index in [1.165, 1.54) is 28.6 Å². The molecule has 3 aromatic carbocycles. The minimum absolute atomic E-state index is 0.0474. The van der Waals surface area contributed by atoms with Crippen LogP contribution >= 0.6 is 0 Å². The fourth-order valence-corrected chi connectivity index (χ4v) is 4.52. The quantitative estimate of drug-likeness (QED) is 0.547. The first kappa shape index (κ1) is 23.6. The van der Waals surface area contributed by atoms with Crippen molar-refractivity contribution in [2.75, 3.05) is 23.8 Å². The lowest BCUT2D eigenvalue weighted by molar-refractivity contribution is 0.0939. The number of carbonyl (C=O) groups is 1. The number of nitrogens with one attached hydrogen (secondary N) is 1. The van der Waals surface area contributed by atoms with E-state index in [0.717, 1.165) is 11.8 Å². The first-order valence-electron chi connectivity index (χ1n) is 10.7. The summed E-state index contributed by atoms with van der Waals surface area (Å²) in [6.45, 7) is 2.90. The highest BCUT2D eigenvalue weighted by Crippen LogP contribution is 2.32. The summed E-state index contributed by atoms with van der Waals surface area (Å²) in [5.41, 5.74) is 2.31. The maximum atomic E-state index is 13.2. The normalized spacial score (nSPS) is 13.7. The fraction of sp³-hybridized carbons (Fsp3) is 0.240. The molecule has 0 saturated heterocycles. The Labute approximate surface area is 198 Å². The second kappa shape index (κ2) is 9.72. The highest BCUT2D eigenvalue weighted by molar-refractivity contribution is 7.92. The number of ether oxygens (including phenoxy) is 2. The van der Waals surface area contributed by atoms with E-state index >= 15 is 0 Å². The van der Waals surface area contributed by atoms with Gasteiger partial charge in [-0.1, -0.05) is 18.2 Å². The van der Waals surface area contributed by atoms with Crippen LogP contribution in [0.25, 0.3) is 0 Å². The van der Waals surface area contributed by atoms with Crippen LogP contribution in [0.4, 0.5) is 10.1 Å². The molecular formula is C25H25FN2O5S. The molecule has 0 radical (unpaired) electrons. The van der Waals surface area contributed by atoms with Crippen molar-refractivity contribution in [3.8, 4) is 11.5 Å². The molecule has 1 N–H and O–H groups in total. The summed E-state index contributed by atoms with van der Waals surface area (Å²) in [7, 11) is -3.61. The third-order valence-corrected chi connectivity index (χ3v) is 6.61. The standard InChI is InChI=1S/C25H25FN2O5S/c1-17(20-7-12-23-24(15-20)33-14-13-32-23)27-25(29)19-5-10-22(11-6-19)28(34(2,30)31)16-18-3-8-21(26)9-4-18/h3-12,15,17H,13-14,16H2,1-2H3,(H,27,29)/t17-/m0/s1. The zero-order valence-corrected chi connectivity index (χ0v) is 19.6. The predicted octanol–water partition coefficient (Wildman–Crippen LogP) is 4.05. The molecule has 34 heavy (non-hydrogen) atoms. The molecule has 0 aliphatic carbocycles. The molecule has 1 heterocycles. The van der Waals surface area contributed by atoms with Crippen molar-refractivity contribution >= 4 is 21.6 Å². The summed E-state index contributed by atoms with van der Waals surface area (Å²) in [6.07, 6.45) is 1.10. The van der Waals surface area contributed by atoms with E-state index in [0.29, 0.717) is 41.5 Å². The average molecular weight is 485 g/mol. The van der Waals surface area contributed by atoms with Gasteiger partial charge in [0.05, 0.1) is 24.5 Å². The minimum atomic E-state index is -3.61. The number of nitrogens with zero attached hydrogens (tertiary/aromatic N) is 1. The summed E-state index contributed by atoms with van der Waals surface area (Å²) in [5.74, 6) is 0.644. The van der Waals surface area contributed by atoms with Crippen LogP contribution in [0.3, 0.4) is 0 Å². The lowest BCUT2D eigenvalue weighted by Gasteiger charge is -2.23. The van der Waals surface area contributed by atoms with Gasteiger partial charge in [-0.2, -0.15) is 0 Å². The molecule has 0 bridgehead atoms. The minimum Gasteiger partial charge on any atom is -0.486 e. The fourth-order valence-electron chi connectivity index (χ4n) is 3.63. The van der Waals surface area contributed by atoms with Gasteiger partial charge in [-0.05, 0) is 66.6 Å². The van der Waals surface area contributed by atoms with Crippen LogP contribution in [0.2, 0.25) is 0 Å². The van der Waals surface area contributed by atoms with Gasteiger partial charge in [-0.25, -0.2) is 12.8 Å². The number of benzene rings is 3. The van der Waals surface area contributed by atoms with E-state index < -0.39 is 15.8 Å². The van der Waals surface area contributed by atoms with E-state index in [1.807, 2.05) is 25.1 Å². The van der Waals surface area contributed by atoms with Crippen molar-refractivity contribution in [2.45, 2.75) is 19.5 Å². The third-order valence-electron chi connectivity index (χ3n) is 5.47. The molecule has 1 aliphatic rings. The summed E-state index contributed by atoms with van der Waals surface area (Å²) in [6, 6.07) is 17.2. The molecule has 1 aliphatic heterocycles. The Hall–Kier alpha value is -3.59. The lowest BCUT2D eigenvalue weighted by atomic mass is 10.1. The van der Waals surface area contributed by atoms with Crippen molar-refractivity contribution in [3.05, 3.63) is 89.2 Å². The number of fused-ring (bicyclic) bond motifs is 1. The van der Waals surface area contributed by atoms with Gasteiger partial charge in [-0.15, -0.1) is 0 Å². The molecule has 0 aromatic heterocycles. The van der Waals surface area contributed by atoms with Gasteiger partial charge in [0.25, 0.3) is 5.91 Å². The van der Waals surface area contributed by atoms with E-state index in [-0.39, 0.29) is 18.5 Å². The number of hydrogen-bond donors (Lipinski definition) is 1. The Bertz CT molecular complexity index is 1280. The number of anilines is 1. The molecule has 3 aromatic rings. The summed E-state index contributed by atoms with van der Waals surface area (Å²) >= 11 is 0. The van der Waals surface area contributed by atoms with Crippen LogP contribution < -0.4 is 19.1 Å². The Morgan fingerprint density at radius 2 is 1.65 bits per heavy atom. The van der Waals surface area contributed by atoms with Gasteiger partial charge in [0, 0.05) is 5.56 Å². The SMILES string of the molecule is C[C@H](NC(=O)c1ccc(N(Cc2ccc(F)cc2)S(C)(=O)=O)cc1)c1ccc2c(c1)OCCO2. The zero-order chi connectivity index (χ0) is 24.3. The summed E-state index contributed by atoms with van der Waals surface area (Å²) in [4.78, 5) is 12.8. The largest absolute Gasteiger partial charge is 0.486 e. The van der Waals surface area contributed by atoms with E-state index in [2.05, 4.69) is 5.32 Å². The lowest BCUT2D eigenvalue weighted by Crippen LogP contribution is -2.29. The van der Waals surface area contributed by atoms with Crippen molar-refractivity contribution in [1.82, 2.24) is 5.32 Å². The topological polar surface area (TPSA) is 84.9 Å². The van der Waals surface area contributed by atoms with Crippen LogP contribution in [0.15, 0.2) is 66.7 Å². The summed E-state index contributed by atoms with van der Waals surface area (Å²) in [5, 5.41) is 2.94. The molecule has 178 valence electrons. The second-order valence-electron chi connectivity index (χ2n) is 8.04. The highest BCUT2D eigenvalue weighted by Gasteiger charge is 2.20. The van der Waals surface area contributed by atoms with Crippen LogP contribution in [-0.2, 0) is 16.6 Å². The average Bonchev–Trinajstić information content (AvgIpc) is 2.82. The van der Waals surface area contributed by atoms with Crippen LogP contribution in [0, 0.1) is 5.82 Å². The Balaban J connectivity index is 1.47. The number of sulfonamides is 1. The number of rotatable bonds is 7. The Morgan fingerprint density at radius 1 is 1.00 bits per heavy atom. The van der Waals surface area contributed by atoms with Crippen LogP contribution in [-0.4, -0.2) is 33.8 Å². The number of carbonyl (C=O) groups excluding carboxylic acids is 1. The maximum Gasteiger partial charge on any atom is 0.251 e. The molecule has 7 nitrogen and oxygen atoms in total. The number of amides is 1. The van der Waals surface area contributed by atoms with E-state index in [1.54, 1.807) is 24.3 Å². The molecular weight excluding hydrogens is 459 g/mol. The van der Waals surface area contributed by atoms with Gasteiger partial charge < -0.3 is 14.8 Å². The molecule has 0 spiro atoms. The van der Waals surface area contributed by atoms with Crippen LogP contribution in [0.5, 0.6) is 11.5 Å². The zero-order valence-electron chi connectivity index (χ0n) is 18.8. The van der Waals surface area contributed by atoms with Gasteiger partial charge in [0.1, 0.15) is 19.0 Å². The number of hydrogen-bond acceptors (Lipinski definition) is 5. The van der Waals surface area contributed by atoms with E-state index in [9.17, 15) is 17.6 Å². The molecule has 9 heteroatoms. The molecule has 1 amide bonds. The van der Waals surface area contributed by atoms with Crippen molar-refractivity contribution < 1.29 is 27.1 Å². The third kappa shape index (κ3) is 5.48.